The van der Waals surface area contributed by atoms with Crippen molar-refractivity contribution in [3.05, 3.63) is 107 Å². The van der Waals surface area contributed by atoms with E-state index >= 15 is 0 Å². The number of ether oxygens (including phenoxy) is 2. The van der Waals surface area contributed by atoms with Gasteiger partial charge in [-0.15, -0.1) is 0 Å². The maximum atomic E-state index is 6.11. The summed E-state index contributed by atoms with van der Waals surface area (Å²) in [7, 11) is 0. The minimum atomic E-state index is -0.0792. The molecule has 0 spiro atoms. The summed E-state index contributed by atoms with van der Waals surface area (Å²) in [5, 5.41) is 4.30. The fraction of sp³-hybridized carbons (Fsp3) is 0.353. The summed E-state index contributed by atoms with van der Waals surface area (Å²) < 4.78 is 14.1. The van der Waals surface area contributed by atoms with Crippen LogP contribution in [0, 0.1) is 20.8 Å². The van der Waals surface area contributed by atoms with Gasteiger partial charge in [0, 0.05) is 49.5 Å². The Bertz CT molecular complexity index is 1500. The molecule has 2 aliphatic heterocycles. The van der Waals surface area contributed by atoms with E-state index in [2.05, 4.69) is 76.9 Å². The fourth-order valence-electron chi connectivity index (χ4n) is 6.11. The van der Waals surface area contributed by atoms with Gasteiger partial charge in [0.2, 0.25) is 0 Å². The highest BCUT2D eigenvalue weighted by Gasteiger charge is 2.42. The van der Waals surface area contributed by atoms with E-state index in [1.807, 2.05) is 42.6 Å². The number of hydrogen-bond acceptors (Lipinski definition) is 5. The highest BCUT2D eigenvalue weighted by atomic mass is 32.1. The van der Waals surface area contributed by atoms with Crippen molar-refractivity contribution in [1.82, 2.24) is 19.8 Å². The number of rotatable bonds is 9. The minimum Gasteiger partial charge on any atom is -0.457 e. The Hall–Kier alpha value is -3.72. The normalized spacial score (nSPS) is 19.2. The van der Waals surface area contributed by atoms with E-state index in [0.29, 0.717) is 5.11 Å². The molecule has 0 radical (unpaired) electrons. The molecule has 4 aromatic rings. The number of pyridine rings is 1. The quantitative estimate of drug-likeness (QED) is 0.227. The monoisotopic (exact) mass is 581 g/mol. The third kappa shape index (κ3) is 6.07. The average Bonchev–Trinajstić information content (AvgIpc) is 3.50. The van der Waals surface area contributed by atoms with Crippen molar-refractivity contribution >= 4 is 23.0 Å². The number of anilines is 1. The van der Waals surface area contributed by atoms with Gasteiger partial charge in [-0.2, -0.15) is 0 Å². The van der Waals surface area contributed by atoms with Gasteiger partial charge in [0.15, 0.2) is 5.11 Å². The fourth-order valence-corrected chi connectivity index (χ4v) is 6.46. The maximum Gasteiger partial charge on any atom is 0.174 e. The molecular formula is C34H39N5O2S. The van der Waals surface area contributed by atoms with Crippen LogP contribution < -0.4 is 15.0 Å². The van der Waals surface area contributed by atoms with Crippen molar-refractivity contribution < 1.29 is 9.47 Å². The molecule has 0 unspecified atom stereocenters. The predicted molar refractivity (Wildman–Crippen MR) is 171 cm³/mol. The van der Waals surface area contributed by atoms with Crippen molar-refractivity contribution in [2.45, 2.75) is 45.8 Å². The Balaban J connectivity index is 1.28. The molecule has 8 heteroatoms. The molecule has 2 aromatic carbocycles. The van der Waals surface area contributed by atoms with Crippen molar-refractivity contribution in [3.8, 4) is 11.5 Å². The Labute approximate surface area is 254 Å². The van der Waals surface area contributed by atoms with E-state index in [1.165, 1.54) is 22.5 Å². The third-order valence-electron chi connectivity index (χ3n) is 8.36. The maximum absolute atomic E-state index is 6.11. The van der Waals surface area contributed by atoms with Crippen LogP contribution in [0.5, 0.6) is 11.5 Å². The topological polar surface area (TPSA) is 54.8 Å². The van der Waals surface area contributed by atoms with Gasteiger partial charge in [-0.25, -0.2) is 0 Å². The van der Waals surface area contributed by atoms with Crippen LogP contribution in [-0.2, 0) is 11.3 Å². The second kappa shape index (κ2) is 12.7. The second-order valence-electron chi connectivity index (χ2n) is 11.2. The summed E-state index contributed by atoms with van der Waals surface area (Å²) in [4.78, 5) is 9.48. The number of hydrogen-bond donors (Lipinski definition) is 1. The number of aryl methyl sites for hydroxylation is 2. The van der Waals surface area contributed by atoms with Crippen LogP contribution in [0.25, 0.3) is 0 Å². The number of nitrogens with zero attached hydrogens (tertiary/aromatic N) is 4. The van der Waals surface area contributed by atoms with E-state index in [-0.39, 0.29) is 12.1 Å². The molecule has 218 valence electrons. The summed E-state index contributed by atoms with van der Waals surface area (Å²) in [6.45, 7) is 12.3. The highest BCUT2D eigenvalue weighted by molar-refractivity contribution is 7.80. The first-order valence-electron chi connectivity index (χ1n) is 14.8. The molecule has 2 aromatic heterocycles. The van der Waals surface area contributed by atoms with Crippen LogP contribution >= 0.6 is 12.2 Å². The molecule has 0 amide bonds. The van der Waals surface area contributed by atoms with Crippen molar-refractivity contribution in [2.75, 3.05) is 37.7 Å². The summed E-state index contributed by atoms with van der Waals surface area (Å²) in [5.41, 5.74) is 7.01. The molecule has 0 saturated carbocycles. The zero-order chi connectivity index (χ0) is 29.1. The number of benzene rings is 2. The first-order chi connectivity index (χ1) is 20.5. The molecule has 2 atom stereocenters. The third-order valence-corrected chi connectivity index (χ3v) is 8.68. The lowest BCUT2D eigenvalue weighted by Crippen LogP contribution is -2.37. The lowest BCUT2D eigenvalue weighted by Gasteiger charge is -2.28. The van der Waals surface area contributed by atoms with Gasteiger partial charge < -0.3 is 24.3 Å². The minimum absolute atomic E-state index is 0.0459. The van der Waals surface area contributed by atoms with E-state index in [9.17, 15) is 0 Å². The Kier molecular flexibility index (Phi) is 8.55. The molecule has 4 heterocycles. The lowest BCUT2D eigenvalue weighted by atomic mass is 9.96. The Morgan fingerprint density at radius 3 is 2.33 bits per heavy atom. The number of thiocarbonyl (C=S) groups is 1. The zero-order valence-electron chi connectivity index (χ0n) is 24.6. The van der Waals surface area contributed by atoms with Gasteiger partial charge in [0.1, 0.15) is 11.5 Å². The summed E-state index contributed by atoms with van der Waals surface area (Å²) in [6, 6.07) is 24.6. The summed E-state index contributed by atoms with van der Waals surface area (Å²) in [5.74, 6) is 1.61. The highest BCUT2D eigenvalue weighted by Crippen LogP contribution is 2.43. The molecule has 1 N–H and O–H groups in total. The SMILES string of the molecule is Cc1ccc(Oc2ccc(N3C(=S)N[C@H](c4ccccn4)[C@@H]3c3cc(C)n(CCCN4CCOCC4)c3C)cc2)cc1. The van der Waals surface area contributed by atoms with Gasteiger partial charge in [-0.05, 0) is 99.6 Å². The molecule has 7 nitrogen and oxygen atoms in total. The number of aromatic nitrogens is 2. The Morgan fingerprint density at radius 2 is 1.64 bits per heavy atom. The van der Waals surface area contributed by atoms with E-state index < -0.39 is 0 Å². The molecule has 0 bridgehead atoms. The van der Waals surface area contributed by atoms with Crippen LogP contribution in [0.1, 0.15) is 46.7 Å². The first kappa shape index (κ1) is 28.4. The van der Waals surface area contributed by atoms with Crippen LogP contribution in [0.15, 0.2) is 79.0 Å². The summed E-state index contributed by atoms with van der Waals surface area (Å²) in [6.07, 6.45) is 2.96. The molecule has 6 rings (SSSR count). The standard InChI is InChI=1S/C34H39N5O2S/c1-24-8-12-28(13-9-24)41-29-14-10-27(11-15-29)39-33(32(36-34(39)42)31-7-4-5-16-35-31)30-23-25(2)38(26(30)3)18-6-17-37-19-21-40-22-20-37/h4-5,7-16,23,32-33H,6,17-22H2,1-3H3,(H,36,42)/t32-,33+/m1/s1. The molecule has 2 saturated heterocycles. The molecule has 2 aliphatic rings. The van der Waals surface area contributed by atoms with Gasteiger partial charge in [-0.3, -0.25) is 9.88 Å². The lowest BCUT2D eigenvalue weighted by molar-refractivity contribution is 0.0369. The summed E-state index contributed by atoms with van der Waals surface area (Å²) >= 11 is 5.99. The van der Waals surface area contributed by atoms with Crippen LogP contribution in [-0.4, -0.2) is 52.4 Å². The molecule has 2 fully saturated rings. The molecule has 42 heavy (non-hydrogen) atoms. The van der Waals surface area contributed by atoms with Gasteiger partial charge in [0.05, 0.1) is 31.0 Å². The second-order valence-corrected chi connectivity index (χ2v) is 11.6. The van der Waals surface area contributed by atoms with E-state index in [4.69, 9.17) is 26.7 Å². The van der Waals surface area contributed by atoms with E-state index in [0.717, 1.165) is 68.7 Å². The van der Waals surface area contributed by atoms with Crippen molar-refractivity contribution in [3.63, 3.8) is 0 Å². The predicted octanol–water partition coefficient (Wildman–Crippen LogP) is 6.50. The number of nitrogens with one attached hydrogen (secondary N) is 1. The van der Waals surface area contributed by atoms with E-state index in [1.54, 1.807) is 0 Å². The van der Waals surface area contributed by atoms with Crippen LogP contribution in [0.3, 0.4) is 0 Å². The van der Waals surface area contributed by atoms with Gasteiger partial charge in [-0.1, -0.05) is 23.8 Å². The Morgan fingerprint density at radius 1 is 0.929 bits per heavy atom. The zero-order valence-corrected chi connectivity index (χ0v) is 25.4. The van der Waals surface area contributed by atoms with Gasteiger partial charge >= 0.3 is 0 Å². The molecule has 0 aliphatic carbocycles. The number of morpholine rings is 1. The average molecular weight is 582 g/mol. The largest absolute Gasteiger partial charge is 0.457 e. The van der Waals surface area contributed by atoms with Crippen LogP contribution in [0.4, 0.5) is 5.69 Å². The van der Waals surface area contributed by atoms with Crippen LogP contribution in [0.2, 0.25) is 0 Å². The molecular weight excluding hydrogens is 542 g/mol. The first-order valence-corrected chi connectivity index (χ1v) is 15.2. The van der Waals surface area contributed by atoms with Crippen molar-refractivity contribution in [1.29, 1.82) is 0 Å². The van der Waals surface area contributed by atoms with Crippen molar-refractivity contribution in [2.24, 2.45) is 0 Å². The smallest absolute Gasteiger partial charge is 0.174 e. The van der Waals surface area contributed by atoms with Gasteiger partial charge in [0.25, 0.3) is 0 Å².